The fraction of sp³-hybridized carbons (Fsp3) is 0.667. The Hall–Kier alpha value is -0.860. The molecule has 3 nitrogen and oxygen atoms in total. The van der Waals surface area contributed by atoms with Crippen LogP contribution in [0.5, 0.6) is 0 Å². The minimum Gasteiger partial charge on any atom is -0.347 e. The second-order valence-corrected chi connectivity index (χ2v) is 2.35. The van der Waals surface area contributed by atoms with E-state index >= 15 is 0 Å². The van der Waals surface area contributed by atoms with Gasteiger partial charge in [0.25, 0.3) is 0 Å². The van der Waals surface area contributed by atoms with Crippen molar-refractivity contribution in [3.8, 4) is 0 Å². The van der Waals surface area contributed by atoms with Crippen molar-refractivity contribution in [1.82, 2.24) is 5.32 Å². The standard InChI is InChI=1S/C6H10N2O/c1-8(2)5-3-4-7-6(5)9/h3-4H2,1-2H3/p+1. The zero-order chi connectivity index (χ0) is 6.85. The van der Waals surface area contributed by atoms with Crippen LogP contribution in [0, 0.1) is 0 Å². The van der Waals surface area contributed by atoms with E-state index in [1.807, 2.05) is 18.7 Å². The maximum Gasteiger partial charge on any atom is 0.311 e. The number of nitrogens with one attached hydrogen (secondary N) is 1. The van der Waals surface area contributed by atoms with Crippen molar-refractivity contribution in [1.29, 1.82) is 0 Å². The molecule has 0 spiro atoms. The molecule has 3 heteroatoms. The Morgan fingerprint density at radius 1 is 1.56 bits per heavy atom. The van der Waals surface area contributed by atoms with Crippen molar-refractivity contribution in [3.05, 3.63) is 0 Å². The molecular weight excluding hydrogens is 116 g/mol. The molecule has 1 saturated heterocycles. The maximum absolute atomic E-state index is 10.8. The van der Waals surface area contributed by atoms with E-state index < -0.39 is 0 Å². The number of carbonyl (C=O) groups is 1. The highest BCUT2D eigenvalue weighted by Crippen LogP contribution is 1.92. The Kier molecular flexibility index (Phi) is 1.51. The lowest BCUT2D eigenvalue weighted by Crippen LogP contribution is -2.24. The van der Waals surface area contributed by atoms with Crippen LogP contribution in [0.25, 0.3) is 0 Å². The highest BCUT2D eigenvalue weighted by atomic mass is 16.2. The molecule has 1 N–H and O–H groups in total. The lowest BCUT2D eigenvalue weighted by molar-refractivity contribution is -0.464. The van der Waals surface area contributed by atoms with E-state index in [0.717, 1.165) is 18.7 Å². The third kappa shape index (κ3) is 1.09. The molecule has 0 aromatic heterocycles. The average Bonchev–Trinajstić information content (AvgIpc) is 2.13. The summed E-state index contributed by atoms with van der Waals surface area (Å²) in [5.74, 6) is 0.0833. The summed E-state index contributed by atoms with van der Waals surface area (Å²) in [6, 6.07) is 0. The van der Waals surface area contributed by atoms with E-state index in [-0.39, 0.29) is 5.91 Å². The van der Waals surface area contributed by atoms with Gasteiger partial charge in [0.2, 0.25) is 5.71 Å². The molecule has 0 aliphatic carbocycles. The van der Waals surface area contributed by atoms with Crippen LogP contribution < -0.4 is 5.32 Å². The molecule has 0 radical (unpaired) electrons. The van der Waals surface area contributed by atoms with Crippen LogP contribution in [0.1, 0.15) is 6.42 Å². The third-order valence-electron chi connectivity index (χ3n) is 1.45. The minimum absolute atomic E-state index is 0.0833. The fourth-order valence-corrected chi connectivity index (χ4v) is 0.937. The summed E-state index contributed by atoms with van der Waals surface area (Å²) < 4.78 is 1.86. The molecule has 0 saturated carbocycles. The maximum atomic E-state index is 10.8. The second-order valence-electron chi connectivity index (χ2n) is 2.35. The molecule has 1 fully saturated rings. The topological polar surface area (TPSA) is 32.1 Å². The summed E-state index contributed by atoms with van der Waals surface area (Å²) in [4.78, 5) is 10.8. The lowest BCUT2D eigenvalue weighted by Gasteiger charge is -1.87. The molecule has 1 rings (SSSR count). The predicted molar refractivity (Wildman–Crippen MR) is 34.7 cm³/mol. The van der Waals surface area contributed by atoms with Crippen molar-refractivity contribution in [2.24, 2.45) is 0 Å². The van der Waals surface area contributed by atoms with Gasteiger partial charge >= 0.3 is 5.91 Å². The first-order valence-corrected chi connectivity index (χ1v) is 3.03. The SMILES string of the molecule is C[N+](C)=C1CCNC1=O. The van der Waals surface area contributed by atoms with Crippen molar-refractivity contribution in [2.45, 2.75) is 6.42 Å². The smallest absolute Gasteiger partial charge is 0.311 e. The molecule has 50 valence electrons. The largest absolute Gasteiger partial charge is 0.347 e. The summed E-state index contributed by atoms with van der Waals surface area (Å²) in [5.41, 5.74) is 0.884. The first-order valence-electron chi connectivity index (χ1n) is 3.03. The Balaban J connectivity index is 2.83. The molecule has 0 aromatic rings. The van der Waals surface area contributed by atoms with Gasteiger partial charge in [-0.1, -0.05) is 0 Å². The quantitative estimate of drug-likeness (QED) is 0.425. The molecule has 1 aliphatic rings. The molecule has 9 heavy (non-hydrogen) atoms. The number of amides is 1. The molecule has 0 aromatic carbocycles. The van der Waals surface area contributed by atoms with Crippen LogP contribution in [0.15, 0.2) is 0 Å². The van der Waals surface area contributed by atoms with Gasteiger partial charge in [-0.25, -0.2) is 4.58 Å². The minimum atomic E-state index is 0.0833. The Morgan fingerprint density at radius 3 is 2.44 bits per heavy atom. The number of hydrogen-bond donors (Lipinski definition) is 1. The van der Waals surface area contributed by atoms with Crippen LogP contribution in [-0.2, 0) is 4.79 Å². The van der Waals surface area contributed by atoms with Gasteiger partial charge in [-0.05, 0) is 0 Å². The van der Waals surface area contributed by atoms with Gasteiger partial charge in [-0.3, -0.25) is 4.79 Å². The Bertz CT molecular complexity index is 168. The lowest BCUT2D eigenvalue weighted by atomic mass is 10.3. The Morgan fingerprint density at radius 2 is 2.22 bits per heavy atom. The van der Waals surface area contributed by atoms with Crippen molar-refractivity contribution in [2.75, 3.05) is 20.6 Å². The highest BCUT2D eigenvalue weighted by Gasteiger charge is 2.24. The van der Waals surface area contributed by atoms with Gasteiger partial charge in [0.05, 0.1) is 6.42 Å². The number of rotatable bonds is 0. The molecule has 1 amide bonds. The number of carbonyl (C=O) groups excluding carboxylic acids is 1. The van der Waals surface area contributed by atoms with Crippen molar-refractivity contribution in [3.63, 3.8) is 0 Å². The van der Waals surface area contributed by atoms with Gasteiger partial charge in [0.1, 0.15) is 14.1 Å². The van der Waals surface area contributed by atoms with E-state index in [2.05, 4.69) is 5.32 Å². The fourth-order valence-electron chi connectivity index (χ4n) is 0.937. The summed E-state index contributed by atoms with van der Waals surface area (Å²) in [5, 5.41) is 2.73. The van der Waals surface area contributed by atoms with Crippen LogP contribution >= 0.6 is 0 Å². The zero-order valence-corrected chi connectivity index (χ0v) is 5.77. The van der Waals surface area contributed by atoms with Gasteiger partial charge in [-0.15, -0.1) is 0 Å². The van der Waals surface area contributed by atoms with Crippen molar-refractivity contribution < 1.29 is 9.37 Å². The second kappa shape index (κ2) is 2.17. The highest BCUT2D eigenvalue weighted by molar-refractivity contribution is 6.38. The zero-order valence-electron chi connectivity index (χ0n) is 5.77. The van der Waals surface area contributed by atoms with Gasteiger partial charge < -0.3 is 5.32 Å². The number of nitrogens with zero attached hydrogens (tertiary/aromatic N) is 1. The number of hydrogen-bond acceptors (Lipinski definition) is 1. The van der Waals surface area contributed by atoms with Crippen LogP contribution in [0.2, 0.25) is 0 Å². The van der Waals surface area contributed by atoms with Crippen molar-refractivity contribution >= 4 is 11.6 Å². The molecule has 0 unspecified atom stereocenters. The van der Waals surface area contributed by atoms with Crippen LogP contribution in [0.3, 0.4) is 0 Å². The van der Waals surface area contributed by atoms with E-state index in [4.69, 9.17) is 0 Å². The van der Waals surface area contributed by atoms with E-state index in [0.29, 0.717) is 0 Å². The van der Waals surface area contributed by atoms with E-state index in [9.17, 15) is 4.79 Å². The first-order chi connectivity index (χ1) is 4.22. The average molecular weight is 127 g/mol. The normalized spacial score (nSPS) is 18.0. The van der Waals surface area contributed by atoms with Gasteiger partial charge in [0.15, 0.2) is 0 Å². The van der Waals surface area contributed by atoms with Crippen LogP contribution in [-0.4, -0.2) is 36.8 Å². The van der Waals surface area contributed by atoms with Crippen LogP contribution in [0.4, 0.5) is 0 Å². The molecule has 1 heterocycles. The molecular formula is C6H11N2O+. The van der Waals surface area contributed by atoms with Gasteiger partial charge in [0, 0.05) is 6.54 Å². The predicted octanol–water partition coefficient (Wildman–Crippen LogP) is -0.781. The molecule has 0 bridgehead atoms. The molecule has 0 atom stereocenters. The summed E-state index contributed by atoms with van der Waals surface area (Å²) >= 11 is 0. The Labute approximate surface area is 54.4 Å². The monoisotopic (exact) mass is 127 g/mol. The van der Waals surface area contributed by atoms with Gasteiger partial charge in [-0.2, -0.15) is 0 Å². The molecule has 1 aliphatic heterocycles. The summed E-state index contributed by atoms with van der Waals surface area (Å²) in [7, 11) is 3.78. The third-order valence-corrected chi connectivity index (χ3v) is 1.45. The summed E-state index contributed by atoms with van der Waals surface area (Å²) in [6.45, 7) is 0.798. The van der Waals surface area contributed by atoms with E-state index in [1.165, 1.54) is 0 Å². The van der Waals surface area contributed by atoms with E-state index in [1.54, 1.807) is 0 Å². The summed E-state index contributed by atoms with van der Waals surface area (Å²) in [6.07, 6.45) is 0.867. The first kappa shape index (κ1) is 6.26.